The van der Waals surface area contributed by atoms with Crippen LogP contribution < -0.4 is 5.32 Å². The van der Waals surface area contributed by atoms with Gasteiger partial charge in [-0.1, -0.05) is 11.8 Å². The van der Waals surface area contributed by atoms with Crippen molar-refractivity contribution in [2.75, 3.05) is 12.8 Å². The normalized spacial score (nSPS) is 18.1. The van der Waals surface area contributed by atoms with Crippen molar-refractivity contribution in [1.82, 2.24) is 20.1 Å². The monoisotopic (exact) mass is 226 g/mol. The van der Waals surface area contributed by atoms with Crippen LogP contribution in [-0.2, 0) is 7.05 Å². The van der Waals surface area contributed by atoms with Gasteiger partial charge in [-0.3, -0.25) is 0 Å². The van der Waals surface area contributed by atoms with Gasteiger partial charge >= 0.3 is 0 Å². The first-order valence-corrected chi connectivity index (χ1v) is 6.37. The maximum atomic E-state index is 4.15. The van der Waals surface area contributed by atoms with Gasteiger partial charge in [-0.05, 0) is 32.7 Å². The van der Waals surface area contributed by atoms with E-state index in [-0.39, 0.29) is 0 Å². The van der Waals surface area contributed by atoms with E-state index in [9.17, 15) is 0 Å². The summed E-state index contributed by atoms with van der Waals surface area (Å²) >= 11 is 1.80. The lowest BCUT2D eigenvalue weighted by molar-refractivity contribution is 0.553. The second kappa shape index (κ2) is 4.53. The molecule has 0 aliphatic heterocycles. The minimum absolute atomic E-state index is 0.631. The fraction of sp³-hybridized carbons (Fsp3) is 0.800. The number of thioether (sulfide) groups is 1. The molecule has 1 saturated carbocycles. The van der Waals surface area contributed by atoms with Crippen LogP contribution in [0.1, 0.15) is 18.7 Å². The van der Waals surface area contributed by atoms with Gasteiger partial charge in [-0.15, -0.1) is 10.2 Å². The van der Waals surface area contributed by atoms with E-state index in [2.05, 4.69) is 15.5 Å². The van der Waals surface area contributed by atoms with Crippen molar-refractivity contribution in [3.05, 3.63) is 5.82 Å². The van der Waals surface area contributed by atoms with Crippen molar-refractivity contribution in [1.29, 1.82) is 0 Å². The van der Waals surface area contributed by atoms with Crippen molar-refractivity contribution < 1.29 is 0 Å². The van der Waals surface area contributed by atoms with Crippen LogP contribution in [0.3, 0.4) is 0 Å². The second-order valence-corrected chi connectivity index (χ2v) is 5.12. The maximum Gasteiger partial charge on any atom is 0.190 e. The Morgan fingerprint density at radius 3 is 2.73 bits per heavy atom. The molecule has 1 fully saturated rings. The lowest BCUT2D eigenvalue weighted by atomic mass is 10.2. The summed E-state index contributed by atoms with van der Waals surface area (Å²) in [5, 5.41) is 12.6. The van der Waals surface area contributed by atoms with Crippen molar-refractivity contribution in [3.8, 4) is 0 Å². The topological polar surface area (TPSA) is 42.7 Å². The van der Waals surface area contributed by atoms with E-state index >= 15 is 0 Å². The van der Waals surface area contributed by atoms with Crippen molar-refractivity contribution >= 4 is 11.8 Å². The third-order valence-corrected chi connectivity index (χ3v) is 4.15. The molecule has 0 saturated heterocycles. The van der Waals surface area contributed by atoms with Crippen LogP contribution in [0, 0.1) is 12.8 Å². The Hall–Kier alpha value is -0.550. The lowest BCUT2D eigenvalue weighted by Crippen LogP contribution is -2.29. The highest BCUT2D eigenvalue weighted by molar-refractivity contribution is 7.99. The van der Waals surface area contributed by atoms with Crippen LogP contribution in [0.4, 0.5) is 0 Å². The molecule has 0 radical (unpaired) electrons. The summed E-state index contributed by atoms with van der Waals surface area (Å²) in [4.78, 5) is 0. The highest BCUT2D eigenvalue weighted by Gasteiger charge is 2.30. The van der Waals surface area contributed by atoms with Gasteiger partial charge in [0.15, 0.2) is 5.16 Å². The standard InChI is InChI=1S/C10H18N4S/c1-7-12-13-10(14(7)3)15-6-9(11-2)8-4-5-8/h8-9,11H,4-6H2,1-3H3. The largest absolute Gasteiger partial charge is 0.316 e. The van der Waals surface area contributed by atoms with Gasteiger partial charge in [-0.2, -0.15) is 0 Å². The molecule has 0 amide bonds. The van der Waals surface area contributed by atoms with Crippen LogP contribution in [0.5, 0.6) is 0 Å². The summed E-state index contributed by atoms with van der Waals surface area (Å²) in [5.41, 5.74) is 0. The fourth-order valence-electron chi connectivity index (χ4n) is 1.63. The molecule has 1 aliphatic rings. The van der Waals surface area contributed by atoms with Crippen LogP contribution in [0.2, 0.25) is 0 Å². The molecule has 1 aromatic rings. The van der Waals surface area contributed by atoms with Gasteiger partial charge < -0.3 is 9.88 Å². The van der Waals surface area contributed by atoms with Crippen molar-refractivity contribution in [2.24, 2.45) is 13.0 Å². The minimum Gasteiger partial charge on any atom is -0.316 e. The Morgan fingerprint density at radius 2 is 2.27 bits per heavy atom. The highest BCUT2D eigenvalue weighted by Crippen LogP contribution is 2.34. The first kappa shape index (κ1) is 11.0. The molecule has 84 valence electrons. The summed E-state index contributed by atoms with van der Waals surface area (Å²) in [6, 6.07) is 0.631. The number of hydrogen-bond acceptors (Lipinski definition) is 4. The van der Waals surface area contributed by atoms with Crippen LogP contribution >= 0.6 is 11.8 Å². The lowest BCUT2D eigenvalue weighted by Gasteiger charge is -2.13. The van der Waals surface area contributed by atoms with Gasteiger partial charge in [-0.25, -0.2) is 0 Å². The molecule has 1 aromatic heterocycles. The fourth-order valence-corrected chi connectivity index (χ4v) is 2.82. The summed E-state index contributed by atoms with van der Waals surface area (Å²) in [6.45, 7) is 1.98. The van der Waals surface area contributed by atoms with E-state index in [4.69, 9.17) is 0 Å². The zero-order chi connectivity index (χ0) is 10.8. The SMILES string of the molecule is CNC(CSc1nnc(C)n1C)C1CC1. The summed E-state index contributed by atoms with van der Waals surface area (Å²) in [5.74, 6) is 2.95. The predicted molar refractivity (Wildman–Crippen MR) is 62.0 cm³/mol. The first-order chi connectivity index (χ1) is 7.22. The third-order valence-electron chi connectivity index (χ3n) is 3.01. The van der Waals surface area contributed by atoms with Gasteiger partial charge in [0.2, 0.25) is 0 Å². The molecule has 1 N–H and O–H groups in total. The molecule has 15 heavy (non-hydrogen) atoms. The van der Waals surface area contributed by atoms with Crippen molar-refractivity contribution in [2.45, 2.75) is 31.0 Å². The Labute approximate surface area is 94.8 Å². The maximum absolute atomic E-state index is 4.15. The molecular weight excluding hydrogens is 208 g/mol. The van der Waals surface area contributed by atoms with Gasteiger partial charge in [0.05, 0.1) is 0 Å². The zero-order valence-electron chi connectivity index (χ0n) is 9.53. The summed E-state index contributed by atoms with van der Waals surface area (Å²) < 4.78 is 2.05. The Morgan fingerprint density at radius 1 is 1.53 bits per heavy atom. The van der Waals surface area contributed by atoms with Crippen LogP contribution in [0.25, 0.3) is 0 Å². The van der Waals surface area contributed by atoms with E-state index in [1.807, 2.05) is 25.6 Å². The minimum atomic E-state index is 0.631. The smallest absolute Gasteiger partial charge is 0.190 e. The molecule has 1 heterocycles. The molecule has 0 aromatic carbocycles. The average molecular weight is 226 g/mol. The van der Waals surface area contributed by atoms with E-state index < -0.39 is 0 Å². The zero-order valence-corrected chi connectivity index (χ0v) is 10.3. The molecule has 1 unspecified atom stereocenters. The Bertz CT molecular complexity index is 332. The van der Waals surface area contributed by atoms with Gasteiger partial charge in [0.25, 0.3) is 0 Å². The Balaban J connectivity index is 1.88. The van der Waals surface area contributed by atoms with E-state index in [0.717, 1.165) is 22.7 Å². The number of nitrogens with zero attached hydrogens (tertiary/aromatic N) is 3. The van der Waals surface area contributed by atoms with Crippen LogP contribution in [0.15, 0.2) is 5.16 Å². The first-order valence-electron chi connectivity index (χ1n) is 5.38. The molecule has 0 bridgehead atoms. The third kappa shape index (κ3) is 2.52. The Kier molecular flexibility index (Phi) is 3.31. The van der Waals surface area contributed by atoms with E-state index in [1.165, 1.54) is 12.8 Å². The van der Waals surface area contributed by atoms with Gasteiger partial charge in [0, 0.05) is 18.8 Å². The highest BCUT2D eigenvalue weighted by atomic mass is 32.2. The van der Waals surface area contributed by atoms with E-state index in [1.54, 1.807) is 11.8 Å². The summed E-state index contributed by atoms with van der Waals surface area (Å²) in [7, 11) is 4.06. The van der Waals surface area contributed by atoms with Crippen molar-refractivity contribution in [3.63, 3.8) is 0 Å². The summed E-state index contributed by atoms with van der Waals surface area (Å²) in [6.07, 6.45) is 2.76. The van der Waals surface area contributed by atoms with Crippen LogP contribution in [-0.4, -0.2) is 33.6 Å². The van der Waals surface area contributed by atoms with Gasteiger partial charge in [0.1, 0.15) is 5.82 Å². The molecule has 4 nitrogen and oxygen atoms in total. The number of rotatable bonds is 5. The quantitative estimate of drug-likeness (QED) is 0.767. The number of nitrogens with one attached hydrogen (secondary N) is 1. The average Bonchev–Trinajstić information content (AvgIpc) is 3.01. The second-order valence-electron chi connectivity index (χ2n) is 4.13. The molecular formula is C10H18N4S. The number of hydrogen-bond donors (Lipinski definition) is 1. The number of aromatic nitrogens is 3. The molecule has 5 heteroatoms. The molecule has 1 atom stereocenters. The van der Waals surface area contributed by atoms with E-state index in [0.29, 0.717) is 6.04 Å². The number of aryl methyl sites for hydroxylation is 1. The molecule has 1 aliphatic carbocycles. The molecule has 0 spiro atoms. The predicted octanol–water partition coefficient (Wildman–Crippen LogP) is 1.21. The molecule has 2 rings (SSSR count).